The summed E-state index contributed by atoms with van der Waals surface area (Å²) in [6.07, 6.45) is 0. The molecule has 0 saturated carbocycles. The number of para-hydroxylation sites is 1. The quantitative estimate of drug-likeness (QED) is 0.769. The van der Waals surface area contributed by atoms with Gasteiger partial charge in [0.25, 0.3) is 5.91 Å². The van der Waals surface area contributed by atoms with Crippen molar-refractivity contribution in [2.24, 2.45) is 0 Å². The van der Waals surface area contributed by atoms with Crippen molar-refractivity contribution in [2.75, 3.05) is 10.8 Å². The number of phenolic OH excluding ortho intramolecular Hbond substituents is 1. The number of rotatable bonds is 1. The van der Waals surface area contributed by atoms with E-state index in [0.29, 0.717) is 5.69 Å². The summed E-state index contributed by atoms with van der Waals surface area (Å²) in [6.45, 7) is 0. The van der Waals surface area contributed by atoms with Gasteiger partial charge in [0, 0.05) is 5.56 Å². The molecule has 2 aromatic rings. The number of aromatic hydroxyl groups is 1. The number of carbonyl (C=O) groups excluding carboxylic acids is 1. The van der Waals surface area contributed by atoms with Gasteiger partial charge in [0.2, 0.25) is 0 Å². The number of halogens is 2. The summed E-state index contributed by atoms with van der Waals surface area (Å²) < 4.78 is 24.2. The summed E-state index contributed by atoms with van der Waals surface area (Å²) in [4.78, 5) is 13.8. The van der Waals surface area contributed by atoms with Crippen molar-refractivity contribution < 1.29 is 18.3 Å². The van der Waals surface area contributed by atoms with Crippen molar-refractivity contribution in [3.8, 4) is 5.75 Å². The summed E-state index contributed by atoms with van der Waals surface area (Å²) >= 11 is 11.6. The van der Waals surface area contributed by atoms with Gasteiger partial charge in [0.05, 0.1) is 20.6 Å². The van der Waals surface area contributed by atoms with Gasteiger partial charge in [-0.2, -0.15) is 0 Å². The van der Waals surface area contributed by atoms with E-state index in [4.69, 9.17) is 23.2 Å². The average Bonchev–Trinajstić information content (AvgIpc) is 2.76. The van der Waals surface area contributed by atoms with Crippen molar-refractivity contribution in [1.29, 1.82) is 0 Å². The van der Waals surface area contributed by atoms with Crippen molar-refractivity contribution in [3.63, 3.8) is 0 Å². The van der Waals surface area contributed by atoms with Crippen LogP contribution in [-0.2, 0) is 9.84 Å². The Morgan fingerprint density at radius 1 is 1.13 bits per heavy atom. The second-order valence-corrected chi connectivity index (χ2v) is 7.48. The monoisotopic (exact) mass is 381 g/mol. The van der Waals surface area contributed by atoms with E-state index in [1.807, 2.05) is 0 Å². The normalized spacial score (nSPS) is 15.0. The van der Waals surface area contributed by atoms with E-state index >= 15 is 0 Å². The van der Waals surface area contributed by atoms with Gasteiger partial charge in [-0.05, 0) is 24.3 Å². The van der Waals surface area contributed by atoms with Crippen LogP contribution in [0, 0.1) is 0 Å². The van der Waals surface area contributed by atoms with Gasteiger partial charge in [0.15, 0.2) is 15.6 Å². The molecule has 5 nitrogen and oxygen atoms in total. The zero-order valence-corrected chi connectivity index (χ0v) is 13.3. The van der Waals surface area contributed by atoms with Crippen molar-refractivity contribution in [1.82, 2.24) is 0 Å². The molecule has 0 saturated heterocycles. The third-order valence-corrected chi connectivity index (χ3v) is 5.49. The van der Waals surface area contributed by atoms with Crippen LogP contribution in [0.5, 0.6) is 5.75 Å². The third kappa shape index (κ3) is 3.24. The topological polar surface area (TPSA) is 74.7 Å². The molecule has 0 aromatic heterocycles. The van der Waals surface area contributed by atoms with E-state index in [1.165, 1.54) is 18.2 Å². The molecule has 1 N–H and O–H groups in total. The first kappa shape index (κ1) is 18.6. The van der Waals surface area contributed by atoms with Crippen LogP contribution in [0.3, 0.4) is 0 Å². The zero-order valence-electron chi connectivity index (χ0n) is 11.0. The van der Waals surface area contributed by atoms with Crippen LogP contribution in [0.25, 0.3) is 0 Å². The van der Waals surface area contributed by atoms with Gasteiger partial charge in [0.1, 0.15) is 5.88 Å². The number of hydrogen-bond acceptors (Lipinski definition) is 4. The van der Waals surface area contributed by atoms with E-state index in [9.17, 15) is 18.3 Å². The number of carbonyl (C=O) groups is 1. The Labute approximate surface area is 165 Å². The Morgan fingerprint density at radius 2 is 1.70 bits per heavy atom. The first-order valence-corrected chi connectivity index (χ1v) is 8.54. The molecule has 1 heterocycles. The Hall–Kier alpha value is -0.760. The molecule has 23 heavy (non-hydrogen) atoms. The van der Waals surface area contributed by atoms with Gasteiger partial charge in [-0.3, -0.25) is 9.69 Å². The summed E-state index contributed by atoms with van der Waals surface area (Å²) in [7, 11) is -3.55. The van der Waals surface area contributed by atoms with E-state index in [0.717, 1.165) is 4.90 Å². The molecule has 0 aliphatic carbocycles. The van der Waals surface area contributed by atoms with Crippen molar-refractivity contribution >= 4 is 74.2 Å². The molecule has 2 aromatic carbocycles. The molecule has 0 atom stereocenters. The predicted molar refractivity (Wildman–Crippen MR) is 90.6 cm³/mol. The fraction of sp³-hybridized carbons (Fsp3) is 0.0714. The van der Waals surface area contributed by atoms with Crippen LogP contribution < -0.4 is 4.90 Å². The van der Waals surface area contributed by atoms with Gasteiger partial charge in [-0.15, -0.1) is 0 Å². The Kier molecular flexibility index (Phi) is 5.35. The molecule has 0 unspecified atom stereocenters. The molecule has 1 aliphatic heterocycles. The van der Waals surface area contributed by atoms with E-state index in [-0.39, 0.29) is 55.8 Å². The Balaban J connectivity index is 0.00000192. The molecule has 116 valence electrons. The summed E-state index contributed by atoms with van der Waals surface area (Å²) in [6, 6.07) is 8.75. The molecule has 0 fully saturated rings. The number of fused-ring (bicyclic) bond motifs is 1. The van der Waals surface area contributed by atoms with Gasteiger partial charge >= 0.3 is 29.6 Å². The second-order valence-electron chi connectivity index (χ2n) is 4.73. The summed E-state index contributed by atoms with van der Waals surface area (Å²) in [5, 5.41) is 9.38. The molecule has 0 spiro atoms. The fourth-order valence-electron chi connectivity index (χ4n) is 2.27. The molecular weight excluding hydrogens is 372 g/mol. The van der Waals surface area contributed by atoms with Crippen LogP contribution in [-0.4, -0.2) is 54.9 Å². The third-order valence-electron chi connectivity index (χ3n) is 3.30. The van der Waals surface area contributed by atoms with Crippen LogP contribution in [0.2, 0.25) is 10.0 Å². The number of nitrogens with zero attached hydrogens (tertiary/aromatic N) is 1. The number of anilines is 1. The molecule has 0 radical (unpaired) electrons. The number of hydrogen-bond donors (Lipinski definition) is 1. The second kappa shape index (κ2) is 6.63. The molecule has 9 heteroatoms. The molecular formula is C14H10Cl2NNaO4S. The number of sulfone groups is 1. The van der Waals surface area contributed by atoms with Gasteiger partial charge in [-0.25, -0.2) is 8.42 Å². The number of benzene rings is 2. The standard InChI is InChI=1S/C14H9Cl2NO4S.Na.H/c15-9-5-8(6-10(16)13(9)18)14(19)17-7-22(20,21)12-4-2-1-3-11(12)17;;/h1-6,18H,7H2;;. The maximum atomic E-state index is 12.6. The maximum absolute atomic E-state index is 12.6. The van der Waals surface area contributed by atoms with Crippen molar-refractivity contribution in [2.45, 2.75) is 4.90 Å². The minimum atomic E-state index is -3.55. The van der Waals surface area contributed by atoms with E-state index in [1.54, 1.807) is 18.2 Å². The predicted octanol–water partition coefficient (Wildman–Crippen LogP) is 2.44. The van der Waals surface area contributed by atoms with Crippen molar-refractivity contribution in [3.05, 3.63) is 52.0 Å². The van der Waals surface area contributed by atoms with Crippen LogP contribution in [0.15, 0.2) is 41.3 Å². The van der Waals surface area contributed by atoms with Crippen LogP contribution in [0.4, 0.5) is 5.69 Å². The fourth-order valence-corrected chi connectivity index (χ4v) is 4.27. The average molecular weight is 382 g/mol. The van der Waals surface area contributed by atoms with Crippen LogP contribution in [0.1, 0.15) is 10.4 Å². The molecule has 1 aliphatic rings. The first-order chi connectivity index (χ1) is 10.3. The molecule has 1 amide bonds. The van der Waals surface area contributed by atoms with Gasteiger partial charge < -0.3 is 5.11 Å². The van der Waals surface area contributed by atoms with E-state index in [2.05, 4.69) is 0 Å². The molecule has 3 rings (SSSR count). The minimum absolute atomic E-state index is 0. The Morgan fingerprint density at radius 3 is 2.30 bits per heavy atom. The van der Waals surface area contributed by atoms with Crippen LogP contribution >= 0.6 is 23.2 Å². The Bertz CT molecular complexity index is 878. The summed E-state index contributed by atoms with van der Waals surface area (Å²) in [5.74, 6) is -1.33. The van der Waals surface area contributed by atoms with Gasteiger partial charge in [-0.1, -0.05) is 35.3 Å². The zero-order chi connectivity index (χ0) is 16.1. The van der Waals surface area contributed by atoms with E-state index < -0.39 is 21.6 Å². The summed E-state index contributed by atoms with van der Waals surface area (Å²) in [5.41, 5.74) is 0.410. The first-order valence-electron chi connectivity index (χ1n) is 6.13. The number of phenols is 1. The SMILES string of the molecule is O=C(c1cc(Cl)c(O)c(Cl)c1)N1CS(=O)(=O)c2ccccc21.[NaH]. The number of amides is 1. The molecule has 0 bridgehead atoms.